The number of nitrogens with two attached hydrogens (primary N) is 1. The van der Waals surface area contributed by atoms with Gasteiger partial charge in [-0.05, 0) is 37.1 Å². The first kappa shape index (κ1) is 20.9. The maximum atomic E-state index is 13.2. The van der Waals surface area contributed by atoms with Crippen LogP contribution in [0.5, 0.6) is 0 Å². The van der Waals surface area contributed by atoms with Crippen molar-refractivity contribution in [2.75, 3.05) is 16.0 Å². The molecule has 5 aromatic rings. The molecule has 1 aliphatic rings. The van der Waals surface area contributed by atoms with Gasteiger partial charge in [0, 0.05) is 47.8 Å². The number of rotatable bonds is 4. The molecule has 3 aromatic heterocycles. The monoisotopic (exact) mass is 464 g/mol. The van der Waals surface area contributed by atoms with Crippen LogP contribution < -0.4 is 16.0 Å². The molecule has 6 rings (SSSR count). The molecule has 0 radical (unpaired) electrons. The van der Waals surface area contributed by atoms with Gasteiger partial charge in [0.2, 0.25) is 5.95 Å². The molecule has 4 N–H and O–H groups in total. The van der Waals surface area contributed by atoms with Gasteiger partial charge >= 0.3 is 0 Å². The molecule has 9 heteroatoms. The SMILES string of the molecule is Cc1cnc(Nc2cc(C)n(C)n2)nc1-c1c[nH]c2c(N3Cc4cccc(N)c4C3=O)cccc12. The first-order valence-corrected chi connectivity index (χ1v) is 11.3. The zero-order valence-corrected chi connectivity index (χ0v) is 19.6. The lowest BCUT2D eigenvalue weighted by molar-refractivity contribution is 0.0997. The van der Waals surface area contributed by atoms with Crippen molar-refractivity contribution in [1.82, 2.24) is 24.7 Å². The number of amides is 1. The summed E-state index contributed by atoms with van der Waals surface area (Å²) in [5, 5.41) is 8.59. The molecule has 0 saturated heterocycles. The maximum absolute atomic E-state index is 13.2. The Morgan fingerprint density at radius 1 is 1.14 bits per heavy atom. The van der Waals surface area contributed by atoms with E-state index in [0.29, 0.717) is 29.6 Å². The number of nitrogens with one attached hydrogen (secondary N) is 2. The minimum Gasteiger partial charge on any atom is -0.398 e. The summed E-state index contributed by atoms with van der Waals surface area (Å²) in [4.78, 5) is 27.6. The first-order chi connectivity index (χ1) is 16.9. The van der Waals surface area contributed by atoms with Crippen molar-refractivity contribution in [2.24, 2.45) is 7.05 Å². The molecular weight excluding hydrogens is 440 g/mol. The molecule has 1 amide bonds. The molecule has 0 atom stereocenters. The third-order valence-corrected chi connectivity index (χ3v) is 6.54. The van der Waals surface area contributed by atoms with Crippen LogP contribution in [0.3, 0.4) is 0 Å². The highest BCUT2D eigenvalue weighted by Crippen LogP contribution is 2.38. The van der Waals surface area contributed by atoms with Crippen LogP contribution in [0.4, 0.5) is 23.1 Å². The van der Waals surface area contributed by atoms with Gasteiger partial charge in [-0.2, -0.15) is 5.10 Å². The Kier molecular flexibility index (Phi) is 4.60. The number of benzene rings is 2. The fourth-order valence-electron chi connectivity index (χ4n) is 4.65. The van der Waals surface area contributed by atoms with Crippen molar-refractivity contribution < 1.29 is 4.79 Å². The summed E-state index contributed by atoms with van der Waals surface area (Å²) < 4.78 is 1.80. The van der Waals surface area contributed by atoms with Gasteiger partial charge in [-0.15, -0.1) is 0 Å². The van der Waals surface area contributed by atoms with E-state index >= 15 is 0 Å². The van der Waals surface area contributed by atoms with Crippen LogP contribution in [-0.4, -0.2) is 30.6 Å². The number of aryl methyl sites for hydroxylation is 3. The van der Waals surface area contributed by atoms with Crippen molar-refractivity contribution >= 4 is 40.0 Å². The lowest BCUT2D eigenvalue weighted by Gasteiger charge is -2.17. The third kappa shape index (κ3) is 3.31. The van der Waals surface area contributed by atoms with Crippen LogP contribution in [-0.2, 0) is 13.6 Å². The smallest absolute Gasteiger partial charge is 0.261 e. The van der Waals surface area contributed by atoms with Crippen LogP contribution in [0.15, 0.2) is 54.9 Å². The molecule has 0 bridgehead atoms. The van der Waals surface area contributed by atoms with Crippen molar-refractivity contribution in [1.29, 1.82) is 0 Å². The number of fused-ring (bicyclic) bond motifs is 2. The molecule has 0 unspecified atom stereocenters. The number of para-hydroxylation sites is 1. The molecule has 0 fully saturated rings. The normalized spacial score (nSPS) is 13.0. The number of anilines is 4. The Morgan fingerprint density at radius 3 is 2.74 bits per heavy atom. The van der Waals surface area contributed by atoms with Crippen LogP contribution in [0, 0.1) is 13.8 Å². The number of H-pyrrole nitrogens is 1. The number of nitrogens with zero attached hydrogens (tertiary/aromatic N) is 5. The molecule has 0 saturated carbocycles. The summed E-state index contributed by atoms with van der Waals surface area (Å²) in [5.74, 6) is 1.07. The predicted octanol–water partition coefficient (Wildman–Crippen LogP) is 4.46. The zero-order chi connectivity index (χ0) is 24.3. The van der Waals surface area contributed by atoms with E-state index in [1.807, 2.05) is 63.5 Å². The number of aromatic amines is 1. The predicted molar refractivity (Wildman–Crippen MR) is 137 cm³/mol. The van der Waals surface area contributed by atoms with E-state index < -0.39 is 0 Å². The highest BCUT2D eigenvalue weighted by Gasteiger charge is 2.31. The summed E-state index contributed by atoms with van der Waals surface area (Å²) in [6.45, 7) is 4.45. The quantitative estimate of drug-likeness (QED) is 0.338. The molecule has 9 nitrogen and oxygen atoms in total. The van der Waals surface area contributed by atoms with Crippen LogP contribution in [0.25, 0.3) is 22.2 Å². The van der Waals surface area contributed by atoms with Crippen LogP contribution in [0.2, 0.25) is 0 Å². The van der Waals surface area contributed by atoms with Crippen LogP contribution in [0.1, 0.15) is 27.2 Å². The van der Waals surface area contributed by atoms with Gasteiger partial charge in [0.25, 0.3) is 5.91 Å². The van der Waals surface area contributed by atoms with Gasteiger partial charge in [-0.1, -0.05) is 24.3 Å². The summed E-state index contributed by atoms with van der Waals surface area (Å²) in [5.41, 5.74) is 13.5. The Bertz CT molecular complexity index is 1610. The van der Waals surface area contributed by atoms with Gasteiger partial charge in [0.1, 0.15) is 0 Å². The van der Waals surface area contributed by atoms with Gasteiger partial charge < -0.3 is 20.9 Å². The first-order valence-electron chi connectivity index (χ1n) is 11.3. The fraction of sp³-hybridized carbons (Fsp3) is 0.154. The molecular formula is C26H24N8O. The maximum Gasteiger partial charge on any atom is 0.261 e. The Morgan fingerprint density at radius 2 is 1.97 bits per heavy atom. The average Bonchev–Trinajstić information content (AvgIpc) is 3.51. The largest absolute Gasteiger partial charge is 0.398 e. The summed E-state index contributed by atoms with van der Waals surface area (Å²) in [6.07, 6.45) is 3.73. The number of hydrogen-bond acceptors (Lipinski definition) is 6. The molecule has 0 spiro atoms. The van der Waals surface area contributed by atoms with Crippen molar-refractivity contribution in [3.05, 3.63) is 77.2 Å². The van der Waals surface area contributed by atoms with E-state index in [1.165, 1.54) is 0 Å². The standard InChI is InChI=1S/C26H24N8O/c1-14-11-29-26(30-21-10-15(2)33(3)32-21)31-23(14)18-12-28-24-17(18)7-5-9-20(24)34-13-16-6-4-8-19(27)22(16)25(34)35/h4-12,28H,13,27H2,1-3H3,(H,29,30,31,32). The Balaban J connectivity index is 1.40. The highest BCUT2D eigenvalue weighted by molar-refractivity contribution is 6.16. The van der Waals surface area contributed by atoms with Gasteiger partial charge in [0.05, 0.1) is 29.0 Å². The number of carbonyl (C=O) groups excluding carboxylic acids is 1. The van der Waals surface area contributed by atoms with E-state index in [2.05, 4.69) is 20.4 Å². The molecule has 174 valence electrons. The molecule has 4 heterocycles. The minimum atomic E-state index is -0.0860. The second-order valence-corrected chi connectivity index (χ2v) is 8.82. The number of hydrogen-bond donors (Lipinski definition) is 3. The summed E-state index contributed by atoms with van der Waals surface area (Å²) in [6, 6.07) is 13.5. The van der Waals surface area contributed by atoms with E-state index in [1.54, 1.807) is 21.8 Å². The molecule has 2 aromatic carbocycles. The lowest BCUT2D eigenvalue weighted by atomic mass is 10.1. The third-order valence-electron chi connectivity index (χ3n) is 6.54. The molecule has 35 heavy (non-hydrogen) atoms. The van der Waals surface area contributed by atoms with E-state index in [0.717, 1.165) is 44.7 Å². The van der Waals surface area contributed by atoms with Gasteiger partial charge in [-0.25, -0.2) is 9.97 Å². The molecule has 1 aliphatic heterocycles. The number of aromatic nitrogens is 5. The Labute approximate surface area is 201 Å². The summed E-state index contributed by atoms with van der Waals surface area (Å²) >= 11 is 0. The topological polar surface area (TPSA) is 118 Å². The second-order valence-electron chi connectivity index (χ2n) is 8.82. The van der Waals surface area contributed by atoms with E-state index in [-0.39, 0.29) is 5.91 Å². The van der Waals surface area contributed by atoms with E-state index in [4.69, 9.17) is 10.7 Å². The average molecular weight is 465 g/mol. The number of nitrogen functional groups attached to an aromatic ring is 1. The minimum absolute atomic E-state index is 0.0860. The van der Waals surface area contributed by atoms with Crippen molar-refractivity contribution in [3.63, 3.8) is 0 Å². The van der Waals surface area contributed by atoms with Crippen molar-refractivity contribution in [3.8, 4) is 11.3 Å². The van der Waals surface area contributed by atoms with E-state index in [9.17, 15) is 4.79 Å². The lowest BCUT2D eigenvalue weighted by Crippen LogP contribution is -2.23. The van der Waals surface area contributed by atoms with Gasteiger partial charge in [-0.3, -0.25) is 9.48 Å². The summed E-state index contributed by atoms with van der Waals surface area (Å²) in [7, 11) is 1.89. The van der Waals surface area contributed by atoms with Crippen LogP contribution >= 0.6 is 0 Å². The molecule has 0 aliphatic carbocycles. The Hall–Kier alpha value is -4.66. The van der Waals surface area contributed by atoms with Crippen molar-refractivity contribution in [2.45, 2.75) is 20.4 Å². The zero-order valence-electron chi connectivity index (χ0n) is 19.6. The number of carbonyl (C=O) groups is 1. The second kappa shape index (κ2) is 7.69. The fourth-order valence-corrected chi connectivity index (χ4v) is 4.65. The van der Waals surface area contributed by atoms with Gasteiger partial charge in [0.15, 0.2) is 5.82 Å². The highest BCUT2D eigenvalue weighted by atomic mass is 16.2.